The van der Waals surface area contributed by atoms with Crippen LogP contribution in [-0.4, -0.2) is 40.3 Å². The summed E-state index contributed by atoms with van der Waals surface area (Å²) in [6, 6.07) is -0.620. The molecular weight excluding hydrogens is 204 g/mol. The van der Waals surface area contributed by atoms with Crippen LogP contribution in [0, 0.1) is 5.41 Å². The van der Waals surface area contributed by atoms with Crippen molar-refractivity contribution in [3.05, 3.63) is 0 Å². The minimum atomic E-state index is -0.620. The van der Waals surface area contributed by atoms with Crippen molar-refractivity contribution in [3.63, 3.8) is 0 Å². The Hall–Kier alpha value is -1.04. The largest absolute Gasteiger partial charge is 0.464 e. The molecule has 14 heavy (non-hydrogen) atoms. The normalized spacial score (nSPS) is 21.1. The molecular formula is C8H12N2O3S. The zero-order valence-corrected chi connectivity index (χ0v) is 8.89. The smallest absolute Gasteiger partial charge is 0.330 e. The van der Waals surface area contributed by atoms with E-state index in [1.165, 1.54) is 23.6 Å². The van der Waals surface area contributed by atoms with Crippen molar-refractivity contribution in [3.8, 4) is 0 Å². The average Bonchev–Trinajstić information content (AvgIpc) is 2.47. The summed E-state index contributed by atoms with van der Waals surface area (Å²) in [5.74, 6) is -0.312. The van der Waals surface area contributed by atoms with Crippen LogP contribution in [-0.2, 0) is 14.3 Å². The van der Waals surface area contributed by atoms with Gasteiger partial charge in [-0.1, -0.05) is 11.8 Å². The van der Waals surface area contributed by atoms with Crippen molar-refractivity contribution in [1.82, 2.24) is 4.90 Å². The molecule has 6 heteroatoms. The van der Waals surface area contributed by atoms with Gasteiger partial charge in [0.15, 0.2) is 5.17 Å². The van der Waals surface area contributed by atoms with Crippen molar-refractivity contribution in [2.75, 3.05) is 12.4 Å². The number of rotatable bonds is 2. The first-order valence-corrected chi connectivity index (χ1v) is 5.24. The highest BCUT2D eigenvalue weighted by molar-refractivity contribution is 8.14. The highest BCUT2D eigenvalue weighted by Gasteiger charge is 2.38. The molecule has 1 atom stereocenters. The second kappa shape index (κ2) is 4.45. The van der Waals surface area contributed by atoms with Gasteiger partial charge in [0.1, 0.15) is 6.04 Å². The summed E-state index contributed by atoms with van der Waals surface area (Å²) < 4.78 is 4.81. The fourth-order valence-corrected chi connectivity index (χ4v) is 2.21. The van der Waals surface area contributed by atoms with Gasteiger partial charge in [-0.25, -0.2) is 4.79 Å². The van der Waals surface area contributed by atoms with Crippen LogP contribution in [0.2, 0.25) is 0 Å². The van der Waals surface area contributed by atoms with Crippen molar-refractivity contribution in [1.29, 1.82) is 5.41 Å². The van der Waals surface area contributed by atoms with Gasteiger partial charge in [0.2, 0.25) is 5.91 Å². The van der Waals surface area contributed by atoms with Crippen LogP contribution in [0.4, 0.5) is 0 Å². The van der Waals surface area contributed by atoms with Gasteiger partial charge >= 0.3 is 5.97 Å². The predicted molar refractivity (Wildman–Crippen MR) is 53.1 cm³/mol. The molecule has 1 fully saturated rings. The standard InChI is InChI=1S/C8H12N2O3S/c1-3-13-7(12)6-4-14-8(9)10(6)5(2)11/h6,9H,3-4H2,1-2H3. The highest BCUT2D eigenvalue weighted by atomic mass is 32.2. The first-order chi connectivity index (χ1) is 6.57. The fraction of sp³-hybridized carbons (Fsp3) is 0.625. The Kier molecular flexibility index (Phi) is 3.51. The Morgan fingerprint density at radius 1 is 1.71 bits per heavy atom. The maximum Gasteiger partial charge on any atom is 0.330 e. The van der Waals surface area contributed by atoms with Gasteiger partial charge in [0, 0.05) is 12.7 Å². The highest BCUT2D eigenvalue weighted by Crippen LogP contribution is 2.23. The van der Waals surface area contributed by atoms with Crippen LogP contribution < -0.4 is 0 Å². The van der Waals surface area contributed by atoms with Gasteiger partial charge < -0.3 is 4.74 Å². The van der Waals surface area contributed by atoms with E-state index in [0.29, 0.717) is 12.4 Å². The van der Waals surface area contributed by atoms with E-state index in [2.05, 4.69) is 0 Å². The van der Waals surface area contributed by atoms with E-state index >= 15 is 0 Å². The van der Waals surface area contributed by atoms with Gasteiger partial charge in [0.05, 0.1) is 6.61 Å². The molecule has 0 bridgehead atoms. The molecule has 0 aliphatic carbocycles. The molecule has 78 valence electrons. The van der Waals surface area contributed by atoms with Crippen LogP contribution >= 0.6 is 11.8 Å². The van der Waals surface area contributed by atoms with Crippen molar-refractivity contribution in [2.24, 2.45) is 0 Å². The first-order valence-electron chi connectivity index (χ1n) is 4.25. The summed E-state index contributed by atoms with van der Waals surface area (Å²) in [6.45, 7) is 3.34. The SMILES string of the molecule is CCOC(=O)C1CSC(=N)N1C(C)=O. The molecule has 1 N–H and O–H groups in total. The van der Waals surface area contributed by atoms with Crippen molar-refractivity contribution < 1.29 is 14.3 Å². The molecule has 0 aromatic carbocycles. The molecule has 0 aromatic heterocycles. The summed E-state index contributed by atoms with van der Waals surface area (Å²) in [7, 11) is 0. The van der Waals surface area contributed by atoms with E-state index in [9.17, 15) is 9.59 Å². The van der Waals surface area contributed by atoms with Gasteiger partial charge in [-0.2, -0.15) is 0 Å². The Labute approximate surface area is 86.3 Å². The molecule has 1 rings (SSSR count). The van der Waals surface area contributed by atoms with Gasteiger partial charge in [-0.3, -0.25) is 15.1 Å². The van der Waals surface area contributed by atoms with Gasteiger partial charge in [0.25, 0.3) is 0 Å². The van der Waals surface area contributed by atoms with E-state index in [-0.39, 0.29) is 11.1 Å². The lowest BCUT2D eigenvalue weighted by atomic mass is 10.3. The summed E-state index contributed by atoms with van der Waals surface area (Å²) in [5, 5.41) is 7.57. The number of carbonyl (C=O) groups is 2. The molecule has 1 unspecified atom stereocenters. The molecule has 1 saturated heterocycles. The number of carbonyl (C=O) groups excluding carboxylic acids is 2. The van der Waals surface area contributed by atoms with E-state index in [1.807, 2.05) is 0 Å². The molecule has 0 saturated carbocycles. The lowest BCUT2D eigenvalue weighted by molar-refractivity contribution is -0.150. The molecule has 1 aliphatic heterocycles. The Morgan fingerprint density at radius 3 is 2.86 bits per heavy atom. The predicted octanol–water partition coefficient (Wildman–Crippen LogP) is 0.448. The molecule has 1 amide bonds. The number of hydrogen-bond acceptors (Lipinski definition) is 5. The average molecular weight is 216 g/mol. The monoisotopic (exact) mass is 216 g/mol. The van der Waals surface area contributed by atoms with E-state index in [4.69, 9.17) is 10.1 Å². The lowest BCUT2D eigenvalue weighted by Gasteiger charge is -2.19. The van der Waals surface area contributed by atoms with Crippen LogP contribution in [0.25, 0.3) is 0 Å². The van der Waals surface area contributed by atoms with Crippen LogP contribution in [0.3, 0.4) is 0 Å². The van der Waals surface area contributed by atoms with Crippen LogP contribution in [0.15, 0.2) is 0 Å². The Bertz CT molecular complexity index is 280. The quantitative estimate of drug-likeness (QED) is 0.680. The molecule has 1 aliphatic rings. The fourth-order valence-electron chi connectivity index (χ4n) is 1.22. The third-order valence-electron chi connectivity index (χ3n) is 1.81. The number of nitrogens with one attached hydrogen (secondary N) is 1. The van der Waals surface area contributed by atoms with Crippen molar-refractivity contribution in [2.45, 2.75) is 19.9 Å². The summed E-state index contributed by atoms with van der Waals surface area (Å²) in [5.41, 5.74) is 0. The maximum absolute atomic E-state index is 11.4. The van der Waals surface area contributed by atoms with Gasteiger partial charge in [-0.05, 0) is 6.92 Å². The molecule has 1 heterocycles. The first kappa shape index (κ1) is 11.0. The Morgan fingerprint density at radius 2 is 2.36 bits per heavy atom. The minimum absolute atomic E-state index is 0.121. The summed E-state index contributed by atoms with van der Waals surface area (Å²) in [4.78, 5) is 23.7. The summed E-state index contributed by atoms with van der Waals surface area (Å²) in [6.07, 6.45) is 0. The van der Waals surface area contributed by atoms with E-state index in [0.717, 1.165) is 0 Å². The third-order valence-corrected chi connectivity index (χ3v) is 2.76. The van der Waals surface area contributed by atoms with Crippen LogP contribution in [0.1, 0.15) is 13.8 Å². The van der Waals surface area contributed by atoms with E-state index < -0.39 is 12.0 Å². The topological polar surface area (TPSA) is 70.5 Å². The molecule has 5 nitrogen and oxygen atoms in total. The Balaban J connectivity index is 2.74. The second-order valence-corrected chi connectivity index (χ2v) is 3.78. The van der Waals surface area contributed by atoms with Crippen molar-refractivity contribution >= 4 is 28.8 Å². The number of hydrogen-bond donors (Lipinski definition) is 1. The molecule has 0 radical (unpaired) electrons. The molecule has 0 aromatic rings. The summed E-state index contributed by atoms with van der Waals surface area (Å²) >= 11 is 1.18. The number of thioether (sulfide) groups is 1. The van der Waals surface area contributed by atoms with Gasteiger partial charge in [-0.15, -0.1) is 0 Å². The number of esters is 1. The van der Waals surface area contributed by atoms with Crippen LogP contribution in [0.5, 0.6) is 0 Å². The lowest BCUT2D eigenvalue weighted by Crippen LogP contribution is -2.43. The third kappa shape index (κ3) is 2.06. The number of amidine groups is 1. The molecule has 0 spiro atoms. The van der Waals surface area contributed by atoms with E-state index in [1.54, 1.807) is 6.92 Å². The number of amides is 1. The zero-order chi connectivity index (χ0) is 10.7. The maximum atomic E-state index is 11.4. The zero-order valence-electron chi connectivity index (χ0n) is 8.07. The minimum Gasteiger partial charge on any atom is -0.464 e. The number of ether oxygens (including phenoxy) is 1. The second-order valence-electron chi connectivity index (χ2n) is 2.77. The number of nitrogens with zero attached hydrogens (tertiary/aromatic N) is 1.